The largest absolute Gasteiger partial charge is 0.341 e. The van der Waals surface area contributed by atoms with Gasteiger partial charge in [-0.2, -0.15) is 5.10 Å². The summed E-state index contributed by atoms with van der Waals surface area (Å²) in [6.45, 7) is 2.51. The lowest BCUT2D eigenvalue weighted by molar-refractivity contribution is -0.135. The summed E-state index contributed by atoms with van der Waals surface area (Å²) >= 11 is 0. The van der Waals surface area contributed by atoms with Gasteiger partial charge in [-0.25, -0.2) is 0 Å². The molecule has 1 aliphatic heterocycles. The molecule has 21 heavy (non-hydrogen) atoms. The first-order chi connectivity index (χ1) is 9.97. The van der Waals surface area contributed by atoms with E-state index in [2.05, 4.69) is 10.2 Å². The summed E-state index contributed by atoms with van der Waals surface area (Å²) in [5.41, 5.74) is 0.889. The smallest absolute Gasteiger partial charge is 0.228 e. The first-order valence-electron chi connectivity index (χ1n) is 7.13. The van der Waals surface area contributed by atoms with E-state index in [0.29, 0.717) is 26.1 Å². The molecule has 2 heterocycles. The van der Waals surface area contributed by atoms with Gasteiger partial charge in [0, 0.05) is 39.3 Å². The second-order valence-corrected chi connectivity index (χ2v) is 5.82. The summed E-state index contributed by atoms with van der Waals surface area (Å²) in [5.74, 6) is -0.136. The van der Waals surface area contributed by atoms with Gasteiger partial charge >= 0.3 is 0 Å². The van der Waals surface area contributed by atoms with Crippen LogP contribution in [-0.4, -0.2) is 77.5 Å². The molecule has 2 rings (SSSR count). The van der Waals surface area contributed by atoms with E-state index in [-0.39, 0.29) is 17.7 Å². The van der Waals surface area contributed by atoms with Crippen LogP contribution in [-0.2, 0) is 16.1 Å². The number of H-pyrrole nitrogens is 1. The molecular weight excluding hydrogens is 270 g/mol. The summed E-state index contributed by atoms with van der Waals surface area (Å²) in [7, 11) is 5.71. The number of rotatable bonds is 6. The maximum atomic E-state index is 12.4. The molecule has 7 nitrogen and oxygen atoms in total. The Kier molecular flexibility index (Phi) is 4.95. The number of likely N-dealkylation sites (tertiary alicyclic amines) is 1. The van der Waals surface area contributed by atoms with Crippen LogP contribution in [0.2, 0.25) is 0 Å². The van der Waals surface area contributed by atoms with Crippen molar-refractivity contribution in [1.82, 2.24) is 24.9 Å². The van der Waals surface area contributed by atoms with Crippen molar-refractivity contribution in [1.29, 1.82) is 0 Å². The summed E-state index contributed by atoms with van der Waals surface area (Å²) in [6.07, 6.45) is 1.98. The summed E-state index contributed by atoms with van der Waals surface area (Å²) in [6, 6.07) is 1.84. The van der Waals surface area contributed by atoms with Crippen LogP contribution in [0.25, 0.3) is 0 Å². The Labute approximate surface area is 124 Å². The lowest BCUT2D eigenvalue weighted by Crippen LogP contribution is -2.36. The summed E-state index contributed by atoms with van der Waals surface area (Å²) in [5, 5.41) is 6.70. The van der Waals surface area contributed by atoms with E-state index in [1.807, 2.05) is 25.1 Å². The fourth-order valence-corrected chi connectivity index (χ4v) is 2.49. The van der Waals surface area contributed by atoms with E-state index in [9.17, 15) is 9.59 Å². The fraction of sp³-hybridized carbons (Fsp3) is 0.643. The summed E-state index contributed by atoms with van der Waals surface area (Å²) in [4.78, 5) is 29.8. The van der Waals surface area contributed by atoms with Gasteiger partial charge in [0.15, 0.2) is 0 Å². The Hall–Kier alpha value is -1.89. The predicted octanol–water partition coefficient (Wildman–Crippen LogP) is -0.222. The number of hydrogen-bond donors (Lipinski definition) is 1. The minimum Gasteiger partial charge on any atom is -0.341 e. The fourth-order valence-electron chi connectivity index (χ4n) is 2.49. The highest BCUT2D eigenvalue weighted by atomic mass is 16.2. The Morgan fingerprint density at radius 2 is 2.24 bits per heavy atom. The zero-order valence-corrected chi connectivity index (χ0v) is 12.9. The molecule has 7 heteroatoms. The van der Waals surface area contributed by atoms with Crippen molar-refractivity contribution in [3.8, 4) is 0 Å². The number of nitrogens with one attached hydrogen (secondary N) is 1. The molecule has 1 saturated heterocycles. The highest BCUT2D eigenvalue weighted by Crippen LogP contribution is 2.20. The molecule has 1 fully saturated rings. The Morgan fingerprint density at radius 1 is 1.48 bits per heavy atom. The predicted molar refractivity (Wildman–Crippen MR) is 78.3 cm³/mol. The average molecular weight is 293 g/mol. The van der Waals surface area contributed by atoms with Gasteiger partial charge in [0.1, 0.15) is 0 Å². The molecule has 0 aromatic carbocycles. The molecule has 1 aromatic rings. The van der Waals surface area contributed by atoms with E-state index in [4.69, 9.17) is 0 Å². The molecule has 1 N–H and O–H groups in total. The SMILES string of the molecule is CN(C)CCN1CC(C(=O)N(C)Cc2ccn[nH]2)CC1=O. The van der Waals surface area contributed by atoms with E-state index >= 15 is 0 Å². The molecule has 0 bridgehead atoms. The standard InChI is InChI=1S/C14H23N5O2/c1-17(2)6-7-19-9-11(8-13(19)20)14(21)18(3)10-12-4-5-15-16-12/h4-5,11H,6-10H2,1-3H3,(H,15,16). The van der Waals surface area contributed by atoms with Crippen LogP contribution in [0, 0.1) is 5.92 Å². The second kappa shape index (κ2) is 6.71. The van der Waals surface area contributed by atoms with Crippen LogP contribution in [0.15, 0.2) is 12.3 Å². The van der Waals surface area contributed by atoms with Crippen LogP contribution in [0.5, 0.6) is 0 Å². The first kappa shape index (κ1) is 15.5. The molecule has 1 unspecified atom stereocenters. The molecule has 2 amide bonds. The van der Waals surface area contributed by atoms with E-state index in [1.165, 1.54) is 0 Å². The van der Waals surface area contributed by atoms with Gasteiger partial charge in [0.25, 0.3) is 0 Å². The third-order valence-corrected chi connectivity index (χ3v) is 3.72. The van der Waals surface area contributed by atoms with E-state index < -0.39 is 0 Å². The van der Waals surface area contributed by atoms with Crippen molar-refractivity contribution in [3.05, 3.63) is 18.0 Å². The Balaban J connectivity index is 1.87. The zero-order valence-electron chi connectivity index (χ0n) is 12.9. The van der Waals surface area contributed by atoms with Crippen molar-refractivity contribution in [2.45, 2.75) is 13.0 Å². The van der Waals surface area contributed by atoms with E-state index in [0.717, 1.165) is 12.2 Å². The molecule has 0 saturated carbocycles. The molecule has 0 radical (unpaired) electrons. The number of hydrogen-bond acceptors (Lipinski definition) is 4. The van der Waals surface area contributed by atoms with Gasteiger partial charge in [-0.3, -0.25) is 14.7 Å². The molecule has 1 aromatic heterocycles. The first-order valence-corrected chi connectivity index (χ1v) is 7.13. The quantitative estimate of drug-likeness (QED) is 0.787. The van der Waals surface area contributed by atoms with Crippen LogP contribution >= 0.6 is 0 Å². The van der Waals surface area contributed by atoms with Gasteiger partial charge < -0.3 is 14.7 Å². The summed E-state index contributed by atoms with van der Waals surface area (Å²) < 4.78 is 0. The van der Waals surface area contributed by atoms with Gasteiger partial charge in [0.2, 0.25) is 11.8 Å². The topological polar surface area (TPSA) is 72.5 Å². The van der Waals surface area contributed by atoms with Gasteiger partial charge in [0.05, 0.1) is 18.2 Å². The van der Waals surface area contributed by atoms with Crippen LogP contribution in [0.4, 0.5) is 0 Å². The third-order valence-electron chi connectivity index (χ3n) is 3.72. The Bertz CT molecular complexity index is 486. The van der Waals surface area contributed by atoms with Crippen molar-refractivity contribution < 1.29 is 9.59 Å². The van der Waals surface area contributed by atoms with Crippen LogP contribution < -0.4 is 0 Å². The molecule has 1 atom stereocenters. The maximum Gasteiger partial charge on any atom is 0.228 e. The van der Waals surface area contributed by atoms with Gasteiger partial charge in [-0.1, -0.05) is 0 Å². The van der Waals surface area contributed by atoms with E-state index in [1.54, 1.807) is 23.0 Å². The Morgan fingerprint density at radius 3 is 2.86 bits per heavy atom. The normalized spacial score (nSPS) is 18.6. The number of likely N-dealkylation sites (N-methyl/N-ethyl adjacent to an activating group) is 1. The number of nitrogens with zero attached hydrogens (tertiary/aromatic N) is 4. The van der Waals surface area contributed by atoms with Crippen LogP contribution in [0.3, 0.4) is 0 Å². The number of amides is 2. The average Bonchev–Trinajstić information content (AvgIpc) is 3.05. The lowest BCUT2D eigenvalue weighted by atomic mass is 10.1. The third kappa shape index (κ3) is 4.04. The second-order valence-electron chi connectivity index (χ2n) is 5.82. The zero-order chi connectivity index (χ0) is 15.4. The molecule has 116 valence electrons. The monoisotopic (exact) mass is 293 g/mol. The lowest BCUT2D eigenvalue weighted by Gasteiger charge is -2.21. The minimum atomic E-state index is -0.229. The van der Waals surface area contributed by atoms with Crippen molar-refractivity contribution >= 4 is 11.8 Å². The van der Waals surface area contributed by atoms with Crippen LogP contribution in [0.1, 0.15) is 12.1 Å². The highest BCUT2D eigenvalue weighted by Gasteiger charge is 2.35. The highest BCUT2D eigenvalue weighted by molar-refractivity contribution is 5.89. The number of aromatic nitrogens is 2. The molecule has 0 aliphatic carbocycles. The van der Waals surface area contributed by atoms with Gasteiger partial charge in [-0.05, 0) is 20.2 Å². The van der Waals surface area contributed by atoms with Crippen molar-refractivity contribution in [2.75, 3.05) is 40.8 Å². The van der Waals surface area contributed by atoms with Crippen molar-refractivity contribution in [3.63, 3.8) is 0 Å². The number of aromatic amines is 1. The number of carbonyl (C=O) groups is 2. The van der Waals surface area contributed by atoms with Gasteiger partial charge in [-0.15, -0.1) is 0 Å². The van der Waals surface area contributed by atoms with Crippen molar-refractivity contribution in [2.24, 2.45) is 5.92 Å². The minimum absolute atomic E-state index is 0.0188. The number of carbonyl (C=O) groups excluding carboxylic acids is 2. The molecule has 0 spiro atoms. The molecule has 1 aliphatic rings. The maximum absolute atomic E-state index is 12.4. The molecular formula is C14H23N5O2.